The van der Waals surface area contributed by atoms with Crippen LogP contribution in [0, 0.1) is 0 Å². The van der Waals surface area contributed by atoms with E-state index in [-0.39, 0.29) is 16.5 Å². The summed E-state index contributed by atoms with van der Waals surface area (Å²) >= 11 is 0. The fraction of sp³-hybridized carbons (Fsp3) is 0.333. The number of likely N-dealkylation sites (N-methyl/N-ethyl adjacent to an activating group) is 1. The van der Waals surface area contributed by atoms with Crippen molar-refractivity contribution in [2.45, 2.75) is 30.9 Å². The number of rotatable bonds is 7. The Morgan fingerprint density at radius 2 is 1.55 bits per heavy atom. The number of nitrogens with zero attached hydrogens (tertiary/aromatic N) is 2. The number of hydrogen-bond donors (Lipinski definition) is 0. The van der Waals surface area contributed by atoms with Crippen LogP contribution in [0.4, 0.5) is 0 Å². The molecule has 0 aliphatic heterocycles. The quantitative estimate of drug-likeness (QED) is 0.646. The fourth-order valence-electron chi connectivity index (χ4n) is 2.53. The van der Waals surface area contributed by atoms with Gasteiger partial charge in [-0.3, -0.25) is 4.79 Å². The van der Waals surface area contributed by atoms with Crippen LogP contribution < -0.4 is 0 Å². The molecule has 156 valence electrons. The summed E-state index contributed by atoms with van der Waals surface area (Å²) in [5, 5.41) is 0. The van der Waals surface area contributed by atoms with Gasteiger partial charge in [0.25, 0.3) is 5.91 Å². The SMILES string of the molecule is CC(C)N(C)S(=O)(=O)c1cccc(C(=O)O[C@H](C(=O)N(C)C)c2ccccc2)c1. The summed E-state index contributed by atoms with van der Waals surface area (Å²) in [6.45, 7) is 3.51. The van der Waals surface area contributed by atoms with E-state index in [0.29, 0.717) is 5.56 Å². The zero-order valence-electron chi connectivity index (χ0n) is 17.2. The number of benzene rings is 2. The molecule has 0 bridgehead atoms. The maximum Gasteiger partial charge on any atom is 0.339 e. The van der Waals surface area contributed by atoms with Crippen molar-refractivity contribution >= 4 is 21.9 Å². The summed E-state index contributed by atoms with van der Waals surface area (Å²) in [5.41, 5.74) is 0.582. The number of hydrogen-bond acceptors (Lipinski definition) is 5. The molecule has 0 fully saturated rings. The van der Waals surface area contributed by atoms with E-state index in [1.165, 1.54) is 40.5 Å². The summed E-state index contributed by atoms with van der Waals surface area (Å²) in [4.78, 5) is 26.6. The molecule has 0 saturated heterocycles. The van der Waals surface area contributed by atoms with Gasteiger partial charge in [0.2, 0.25) is 16.1 Å². The lowest BCUT2D eigenvalue weighted by Gasteiger charge is -2.22. The van der Waals surface area contributed by atoms with E-state index in [9.17, 15) is 18.0 Å². The van der Waals surface area contributed by atoms with Gasteiger partial charge in [0.05, 0.1) is 10.5 Å². The molecule has 7 nitrogen and oxygen atoms in total. The second-order valence-electron chi connectivity index (χ2n) is 7.07. The molecular formula is C21H26N2O5S. The van der Waals surface area contributed by atoms with Gasteiger partial charge in [-0.2, -0.15) is 4.31 Å². The molecule has 2 aromatic carbocycles. The molecule has 29 heavy (non-hydrogen) atoms. The first-order chi connectivity index (χ1) is 13.6. The van der Waals surface area contributed by atoms with Gasteiger partial charge in [0.1, 0.15) is 0 Å². The van der Waals surface area contributed by atoms with Crippen molar-refractivity contribution in [2.75, 3.05) is 21.1 Å². The lowest BCUT2D eigenvalue weighted by atomic mass is 10.1. The number of carbonyl (C=O) groups excluding carboxylic acids is 2. The summed E-state index contributed by atoms with van der Waals surface area (Å²) in [5.74, 6) is -1.17. The van der Waals surface area contributed by atoms with Crippen molar-refractivity contribution in [3.8, 4) is 0 Å². The monoisotopic (exact) mass is 418 g/mol. The van der Waals surface area contributed by atoms with Crippen molar-refractivity contribution in [3.63, 3.8) is 0 Å². The van der Waals surface area contributed by atoms with Crippen LogP contribution >= 0.6 is 0 Å². The van der Waals surface area contributed by atoms with Crippen molar-refractivity contribution in [1.29, 1.82) is 0 Å². The molecule has 0 N–H and O–H groups in total. The second-order valence-corrected chi connectivity index (χ2v) is 9.07. The zero-order valence-corrected chi connectivity index (χ0v) is 18.0. The van der Waals surface area contributed by atoms with Crippen LogP contribution in [0.25, 0.3) is 0 Å². The number of esters is 1. The first-order valence-electron chi connectivity index (χ1n) is 9.11. The molecule has 8 heteroatoms. The highest BCUT2D eigenvalue weighted by atomic mass is 32.2. The molecule has 0 aliphatic carbocycles. The van der Waals surface area contributed by atoms with E-state index >= 15 is 0 Å². The average molecular weight is 419 g/mol. The highest BCUT2D eigenvalue weighted by Crippen LogP contribution is 2.23. The molecule has 2 rings (SSSR count). The Morgan fingerprint density at radius 1 is 0.931 bits per heavy atom. The zero-order chi connectivity index (χ0) is 21.8. The Labute approximate surface area is 171 Å². The first-order valence-corrected chi connectivity index (χ1v) is 10.5. The predicted molar refractivity (Wildman–Crippen MR) is 110 cm³/mol. The van der Waals surface area contributed by atoms with E-state index in [4.69, 9.17) is 4.74 Å². The van der Waals surface area contributed by atoms with Gasteiger partial charge >= 0.3 is 5.97 Å². The van der Waals surface area contributed by atoms with Crippen LogP contribution in [0.5, 0.6) is 0 Å². The Bertz CT molecular complexity index is 972. The molecule has 0 heterocycles. The van der Waals surface area contributed by atoms with E-state index in [2.05, 4.69) is 0 Å². The summed E-state index contributed by atoms with van der Waals surface area (Å²) < 4.78 is 32.1. The molecule has 0 saturated carbocycles. The fourth-order valence-corrected chi connectivity index (χ4v) is 3.94. The summed E-state index contributed by atoms with van der Waals surface area (Å²) in [7, 11) is 0.865. The third-order valence-corrected chi connectivity index (χ3v) is 6.50. The lowest BCUT2D eigenvalue weighted by Crippen LogP contribution is -2.33. The summed E-state index contributed by atoms with van der Waals surface area (Å²) in [6.07, 6.45) is -1.13. The standard InChI is InChI=1S/C21H26N2O5S/c1-15(2)23(5)29(26,27)18-13-9-12-17(14-18)21(25)28-19(20(24)22(3)4)16-10-7-6-8-11-16/h6-15,19H,1-5H3/t19-/m0/s1. The van der Waals surface area contributed by atoms with Gasteiger partial charge < -0.3 is 9.64 Å². The van der Waals surface area contributed by atoms with E-state index in [0.717, 1.165) is 0 Å². The number of ether oxygens (including phenoxy) is 1. The minimum atomic E-state index is -3.75. The predicted octanol–water partition coefficient (Wildman–Crippen LogP) is 2.70. The van der Waals surface area contributed by atoms with Gasteiger partial charge in [-0.1, -0.05) is 36.4 Å². The van der Waals surface area contributed by atoms with Gasteiger partial charge in [-0.25, -0.2) is 13.2 Å². The van der Waals surface area contributed by atoms with E-state index in [1.54, 1.807) is 58.3 Å². The maximum atomic E-state index is 12.7. The van der Waals surface area contributed by atoms with Crippen LogP contribution in [0.2, 0.25) is 0 Å². The van der Waals surface area contributed by atoms with Crippen LogP contribution in [0.1, 0.15) is 35.9 Å². The highest BCUT2D eigenvalue weighted by molar-refractivity contribution is 7.89. The maximum absolute atomic E-state index is 12.7. The lowest BCUT2D eigenvalue weighted by molar-refractivity contribution is -0.138. The first kappa shape index (κ1) is 22.6. The van der Waals surface area contributed by atoms with Crippen molar-refractivity contribution in [1.82, 2.24) is 9.21 Å². The molecule has 2 aromatic rings. The molecule has 0 aromatic heterocycles. The normalized spacial score (nSPS) is 12.7. The molecular weight excluding hydrogens is 392 g/mol. The van der Waals surface area contributed by atoms with E-state index < -0.39 is 28.0 Å². The number of amides is 1. The average Bonchev–Trinajstić information content (AvgIpc) is 2.71. The van der Waals surface area contributed by atoms with Crippen LogP contribution in [-0.2, 0) is 19.6 Å². The minimum Gasteiger partial charge on any atom is -0.444 e. The topological polar surface area (TPSA) is 84.0 Å². The van der Waals surface area contributed by atoms with Crippen molar-refractivity contribution in [2.24, 2.45) is 0 Å². The number of carbonyl (C=O) groups is 2. The van der Waals surface area contributed by atoms with Crippen LogP contribution in [-0.4, -0.2) is 56.7 Å². The van der Waals surface area contributed by atoms with Crippen molar-refractivity contribution < 1.29 is 22.7 Å². The second kappa shape index (κ2) is 9.19. The highest BCUT2D eigenvalue weighted by Gasteiger charge is 2.28. The Kier molecular flexibility index (Phi) is 7.16. The molecule has 1 atom stereocenters. The number of sulfonamides is 1. The molecule has 0 unspecified atom stereocenters. The van der Waals surface area contributed by atoms with Gasteiger partial charge in [0.15, 0.2) is 0 Å². The van der Waals surface area contributed by atoms with Gasteiger partial charge in [0, 0.05) is 32.7 Å². The molecule has 0 spiro atoms. The molecule has 0 radical (unpaired) electrons. The molecule has 0 aliphatic rings. The van der Waals surface area contributed by atoms with Crippen molar-refractivity contribution in [3.05, 3.63) is 65.7 Å². The Hall–Kier alpha value is -2.71. The van der Waals surface area contributed by atoms with Gasteiger partial charge in [-0.15, -0.1) is 0 Å². The van der Waals surface area contributed by atoms with Crippen LogP contribution in [0.15, 0.2) is 59.5 Å². The largest absolute Gasteiger partial charge is 0.444 e. The third-order valence-electron chi connectivity index (χ3n) is 4.47. The summed E-state index contributed by atoms with van der Waals surface area (Å²) in [6, 6.07) is 14.0. The third kappa shape index (κ3) is 5.21. The van der Waals surface area contributed by atoms with Crippen LogP contribution in [0.3, 0.4) is 0 Å². The van der Waals surface area contributed by atoms with Gasteiger partial charge in [-0.05, 0) is 32.0 Å². The Balaban J connectivity index is 2.35. The van der Waals surface area contributed by atoms with E-state index in [1.807, 2.05) is 0 Å². The Morgan fingerprint density at radius 3 is 2.10 bits per heavy atom. The smallest absolute Gasteiger partial charge is 0.339 e. The minimum absolute atomic E-state index is 0.0154. The molecule has 1 amide bonds.